The van der Waals surface area contributed by atoms with E-state index >= 15 is 0 Å². The van der Waals surface area contributed by atoms with Gasteiger partial charge >= 0.3 is 108 Å². The Morgan fingerprint density at radius 1 is 1.39 bits per heavy atom. The van der Waals surface area contributed by atoms with Crippen LogP contribution in [0.15, 0.2) is 17.7 Å². The molecule has 1 aliphatic rings. The molecule has 0 aliphatic carbocycles. The summed E-state index contributed by atoms with van der Waals surface area (Å²) < 4.78 is 0. The number of rotatable bonds is 2. The van der Waals surface area contributed by atoms with Crippen LogP contribution in [0.2, 0.25) is 0 Å². The van der Waals surface area contributed by atoms with E-state index in [0.29, 0.717) is 11.2 Å². The SMILES string of the molecule is [B]=C(O)C1=C(NC(C)=O)[B]c2c1ccc(C)c2C. The normalized spacial score (nSPS) is 13.0. The number of carbonyl (C=O) groups excluding carboxylic acids is 1. The Labute approximate surface area is 108 Å². The summed E-state index contributed by atoms with van der Waals surface area (Å²) in [6.07, 6.45) is 0. The van der Waals surface area contributed by atoms with Crippen molar-refractivity contribution in [3.63, 3.8) is 0 Å². The van der Waals surface area contributed by atoms with Crippen molar-refractivity contribution in [2.45, 2.75) is 20.8 Å². The Morgan fingerprint density at radius 3 is 2.61 bits per heavy atom. The standard InChI is InChI=1S/C13H13B2NO2/c1-6-4-5-9-10(12(14)18)13(16-8(3)17)15-11(9)7(6)2/h4-5,18H,1-3H3,(H,16,17). The van der Waals surface area contributed by atoms with Crippen LogP contribution in [0, 0.1) is 13.8 Å². The zero-order valence-corrected chi connectivity index (χ0v) is 10.7. The van der Waals surface area contributed by atoms with Gasteiger partial charge in [-0.05, 0) is 0 Å². The van der Waals surface area contributed by atoms with Crippen molar-refractivity contribution in [2.75, 3.05) is 0 Å². The zero-order valence-electron chi connectivity index (χ0n) is 10.7. The predicted molar refractivity (Wildman–Crippen MR) is 74.7 cm³/mol. The monoisotopic (exact) mass is 237 g/mol. The summed E-state index contributed by atoms with van der Waals surface area (Å²) in [5.41, 5.74) is 4.87. The molecule has 0 saturated carbocycles. The first-order valence-corrected chi connectivity index (χ1v) is 5.70. The topological polar surface area (TPSA) is 49.3 Å². The minimum absolute atomic E-state index is 0.192. The Morgan fingerprint density at radius 2 is 2.06 bits per heavy atom. The van der Waals surface area contributed by atoms with E-state index in [1.165, 1.54) is 6.92 Å². The van der Waals surface area contributed by atoms with Gasteiger partial charge in [-0.1, -0.05) is 0 Å². The Bertz CT molecular complexity index is 591. The van der Waals surface area contributed by atoms with Crippen molar-refractivity contribution < 1.29 is 9.90 Å². The Kier molecular flexibility index (Phi) is 3.16. The Hall–Kier alpha value is -1.77. The molecule has 88 valence electrons. The van der Waals surface area contributed by atoms with Gasteiger partial charge in [0.15, 0.2) is 0 Å². The molecule has 0 bridgehead atoms. The molecule has 0 unspecified atom stereocenters. The van der Waals surface area contributed by atoms with E-state index in [0.717, 1.165) is 22.2 Å². The van der Waals surface area contributed by atoms with Crippen LogP contribution in [0.3, 0.4) is 0 Å². The summed E-state index contributed by atoms with van der Waals surface area (Å²) >= 11 is 0. The van der Waals surface area contributed by atoms with Crippen LogP contribution in [-0.2, 0) is 4.79 Å². The van der Waals surface area contributed by atoms with Crippen LogP contribution in [0.5, 0.6) is 0 Å². The third-order valence-electron chi connectivity index (χ3n) is 3.18. The molecule has 0 atom stereocenters. The van der Waals surface area contributed by atoms with Crippen LogP contribution in [0.25, 0.3) is 5.57 Å². The summed E-state index contributed by atoms with van der Waals surface area (Å²) in [6, 6.07) is 3.88. The Balaban J connectivity index is 2.57. The van der Waals surface area contributed by atoms with Crippen molar-refractivity contribution in [1.82, 2.24) is 5.32 Å². The van der Waals surface area contributed by atoms with E-state index < -0.39 is 0 Å². The molecular weight excluding hydrogens is 224 g/mol. The molecule has 0 fully saturated rings. The van der Waals surface area contributed by atoms with E-state index in [4.69, 9.17) is 7.49 Å². The molecule has 2 rings (SSSR count). The van der Waals surface area contributed by atoms with E-state index in [9.17, 15) is 9.90 Å². The molecule has 1 aromatic rings. The summed E-state index contributed by atoms with van der Waals surface area (Å²) in [5, 5.41) is 12.3. The molecule has 2 N–H and O–H groups in total. The first-order chi connectivity index (χ1) is 8.41. The van der Waals surface area contributed by atoms with Gasteiger partial charge in [0.05, 0.1) is 0 Å². The number of fused-ring (bicyclic) bond motifs is 1. The molecule has 3 nitrogen and oxygen atoms in total. The second kappa shape index (κ2) is 4.48. The number of nitrogens with one attached hydrogen (secondary N) is 1. The molecule has 0 saturated heterocycles. The molecule has 1 aromatic carbocycles. The first kappa shape index (κ1) is 12.7. The fourth-order valence-electron chi connectivity index (χ4n) is 2.17. The van der Waals surface area contributed by atoms with Gasteiger partial charge in [-0.3, -0.25) is 0 Å². The van der Waals surface area contributed by atoms with Gasteiger partial charge in [0.2, 0.25) is 0 Å². The van der Waals surface area contributed by atoms with Crippen LogP contribution >= 0.6 is 0 Å². The van der Waals surface area contributed by atoms with E-state index in [1.54, 1.807) is 0 Å². The van der Waals surface area contributed by atoms with Gasteiger partial charge in [-0.2, -0.15) is 0 Å². The van der Waals surface area contributed by atoms with Crippen molar-refractivity contribution in [3.05, 3.63) is 34.4 Å². The third kappa shape index (κ3) is 2.01. The van der Waals surface area contributed by atoms with Crippen molar-refractivity contribution in [3.8, 4) is 0 Å². The summed E-state index contributed by atoms with van der Waals surface area (Å²) in [7, 11) is 7.35. The van der Waals surface area contributed by atoms with Gasteiger partial charge < -0.3 is 0 Å². The molecule has 1 amide bonds. The quantitative estimate of drug-likeness (QED) is 0.717. The van der Waals surface area contributed by atoms with Gasteiger partial charge in [0.1, 0.15) is 0 Å². The van der Waals surface area contributed by atoms with Gasteiger partial charge in [0, 0.05) is 0 Å². The molecular formula is C13H13B2NO2. The first-order valence-electron chi connectivity index (χ1n) is 5.70. The molecule has 1 heterocycles. The summed E-state index contributed by atoms with van der Waals surface area (Å²) in [6.45, 7) is 5.45. The predicted octanol–water partition coefficient (Wildman–Crippen LogP) is 0.122. The van der Waals surface area contributed by atoms with Crippen molar-refractivity contribution in [1.29, 1.82) is 0 Å². The number of aryl methyl sites for hydroxylation is 1. The summed E-state index contributed by atoms with van der Waals surface area (Å²) in [5.74, 6) is -0.192. The fraction of sp³-hybridized carbons (Fsp3) is 0.231. The number of aliphatic hydroxyl groups excluding tert-OH is 1. The van der Waals surface area contributed by atoms with Gasteiger partial charge in [-0.25, -0.2) is 0 Å². The minimum atomic E-state index is -0.281. The van der Waals surface area contributed by atoms with Crippen LogP contribution in [-0.4, -0.2) is 31.4 Å². The fourth-order valence-corrected chi connectivity index (χ4v) is 2.17. The maximum absolute atomic E-state index is 11.2. The number of aliphatic hydroxyl groups is 1. The third-order valence-corrected chi connectivity index (χ3v) is 3.18. The number of hydrogen-bond acceptors (Lipinski definition) is 2. The van der Waals surface area contributed by atoms with Crippen molar-refractivity contribution in [2.24, 2.45) is 0 Å². The molecule has 0 spiro atoms. The summed E-state index contributed by atoms with van der Waals surface area (Å²) in [4.78, 5) is 11.2. The molecule has 0 aromatic heterocycles. The van der Waals surface area contributed by atoms with Gasteiger partial charge in [0.25, 0.3) is 0 Å². The van der Waals surface area contributed by atoms with E-state index in [1.807, 2.05) is 33.3 Å². The van der Waals surface area contributed by atoms with Crippen LogP contribution in [0.1, 0.15) is 23.6 Å². The number of amides is 1. The van der Waals surface area contributed by atoms with Gasteiger partial charge in [-0.15, -0.1) is 0 Å². The number of benzene rings is 1. The maximum atomic E-state index is 11.2. The second-order valence-corrected chi connectivity index (χ2v) is 4.47. The molecule has 5 heteroatoms. The second-order valence-electron chi connectivity index (χ2n) is 4.47. The van der Waals surface area contributed by atoms with Crippen LogP contribution < -0.4 is 10.8 Å². The van der Waals surface area contributed by atoms with E-state index in [-0.39, 0.29) is 11.6 Å². The average molecular weight is 237 g/mol. The molecule has 2 radical (unpaired) electrons. The van der Waals surface area contributed by atoms with Crippen LogP contribution in [0.4, 0.5) is 0 Å². The average Bonchev–Trinajstić information content (AvgIpc) is 2.61. The molecule has 18 heavy (non-hydrogen) atoms. The number of carbonyl (C=O) groups is 1. The number of hydrogen-bond donors (Lipinski definition) is 2. The van der Waals surface area contributed by atoms with E-state index in [2.05, 4.69) is 5.32 Å². The zero-order chi connectivity index (χ0) is 13.4. The molecule has 1 aliphatic heterocycles. The van der Waals surface area contributed by atoms with Crippen molar-refractivity contribution >= 4 is 37.4 Å².